The second-order valence-electron chi connectivity index (χ2n) is 6.74. The van der Waals surface area contributed by atoms with E-state index in [-0.39, 0.29) is 17.5 Å². The van der Waals surface area contributed by atoms with Gasteiger partial charge in [0, 0.05) is 11.5 Å². The number of aromatic nitrogens is 1. The van der Waals surface area contributed by atoms with E-state index in [4.69, 9.17) is 4.52 Å². The van der Waals surface area contributed by atoms with Gasteiger partial charge >= 0.3 is 6.03 Å². The fourth-order valence-corrected chi connectivity index (χ4v) is 2.16. The van der Waals surface area contributed by atoms with Crippen molar-refractivity contribution in [2.24, 2.45) is 0 Å². The average Bonchev–Trinajstić information content (AvgIpc) is 2.95. The average molecular weight is 315 g/mol. The molecule has 0 fully saturated rings. The van der Waals surface area contributed by atoms with Crippen molar-refractivity contribution in [1.82, 2.24) is 10.5 Å². The summed E-state index contributed by atoms with van der Waals surface area (Å²) in [6.07, 6.45) is 1.00. The third-order valence-electron chi connectivity index (χ3n) is 3.73. The first-order valence-electron chi connectivity index (χ1n) is 7.93. The van der Waals surface area contributed by atoms with E-state index in [1.807, 2.05) is 39.8 Å². The Labute approximate surface area is 137 Å². The molecule has 0 aliphatic rings. The second-order valence-corrected chi connectivity index (χ2v) is 6.74. The van der Waals surface area contributed by atoms with E-state index in [1.54, 1.807) is 6.07 Å². The van der Waals surface area contributed by atoms with E-state index in [0.29, 0.717) is 5.82 Å². The second kappa shape index (κ2) is 6.86. The first-order chi connectivity index (χ1) is 10.8. The standard InChI is InChI=1S/C18H25N3O2/c1-6-13-7-9-14(10-8-13)12(2)19-17(22)20-16-11-15(23-21-16)18(3,4)5/h7-12H,6H2,1-5H3,(H2,19,20,21,22). The largest absolute Gasteiger partial charge is 0.359 e. The Morgan fingerprint density at radius 1 is 1.26 bits per heavy atom. The summed E-state index contributed by atoms with van der Waals surface area (Å²) in [5, 5.41) is 9.48. The van der Waals surface area contributed by atoms with Gasteiger partial charge in [0.05, 0.1) is 6.04 Å². The molecule has 23 heavy (non-hydrogen) atoms. The van der Waals surface area contributed by atoms with Gasteiger partial charge in [-0.2, -0.15) is 0 Å². The maximum absolute atomic E-state index is 12.1. The lowest BCUT2D eigenvalue weighted by molar-refractivity contribution is 0.249. The van der Waals surface area contributed by atoms with Gasteiger partial charge in [-0.15, -0.1) is 0 Å². The molecule has 2 aromatic rings. The number of rotatable bonds is 4. The predicted octanol–water partition coefficient (Wildman–Crippen LogP) is 4.42. The molecule has 1 aromatic heterocycles. The van der Waals surface area contributed by atoms with Crippen LogP contribution in [0.25, 0.3) is 0 Å². The van der Waals surface area contributed by atoms with Crippen LogP contribution in [0.5, 0.6) is 0 Å². The summed E-state index contributed by atoms with van der Waals surface area (Å²) in [5.41, 5.74) is 2.20. The summed E-state index contributed by atoms with van der Waals surface area (Å²) in [7, 11) is 0. The summed E-state index contributed by atoms with van der Waals surface area (Å²) in [5.74, 6) is 1.15. The van der Waals surface area contributed by atoms with Gasteiger partial charge in [0.1, 0.15) is 5.76 Å². The maximum Gasteiger partial charge on any atom is 0.320 e. The van der Waals surface area contributed by atoms with Crippen LogP contribution in [0.1, 0.15) is 57.5 Å². The van der Waals surface area contributed by atoms with Crippen molar-refractivity contribution < 1.29 is 9.32 Å². The highest BCUT2D eigenvalue weighted by Crippen LogP contribution is 2.24. The van der Waals surface area contributed by atoms with Crippen LogP contribution >= 0.6 is 0 Å². The number of aryl methyl sites for hydroxylation is 1. The fraction of sp³-hybridized carbons (Fsp3) is 0.444. The Balaban J connectivity index is 1.94. The van der Waals surface area contributed by atoms with Gasteiger partial charge in [-0.05, 0) is 24.5 Å². The minimum Gasteiger partial charge on any atom is -0.359 e. The number of hydrogen-bond donors (Lipinski definition) is 2. The topological polar surface area (TPSA) is 67.2 Å². The smallest absolute Gasteiger partial charge is 0.320 e. The Morgan fingerprint density at radius 3 is 2.43 bits per heavy atom. The quantitative estimate of drug-likeness (QED) is 0.877. The number of anilines is 1. The summed E-state index contributed by atoms with van der Waals surface area (Å²) >= 11 is 0. The maximum atomic E-state index is 12.1. The van der Waals surface area contributed by atoms with Gasteiger partial charge in [0.15, 0.2) is 5.82 Å². The number of nitrogens with zero attached hydrogens (tertiary/aromatic N) is 1. The number of carbonyl (C=O) groups excluding carboxylic acids is 1. The van der Waals surface area contributed by atoms with Crippen molar-refractivity contribution in [3.63, 3.8) is 0 Å². The molecule has 2 rings (SSSR count). The van der Waals surface area contributed by atoms with Gasteiger partial charge in [-0.25, -0.2) is 4.79 Å². The van der Waals surface area contributed by atoms with Crippen molar-refractivity contribution in [2.45, 2.75) is 52.5 Å². The van der Waals surface area contributed by atoms with E-state index in [9.17, 15) is 4.79 Å². The summed E-state index contributed by atoms with van der Waals surface area (Å²) in [6, 6.07) is 9.60. The highest BCUT2D eigenvalue weighted by molar-refractivity contribution is 5.88. The van der Waals surface area contributed by atoms with E-state index < -0.39 is 0 Å². The van der Waals surface area contributed by atoms with Crippen molar-refractivity contribution in [1.29, 1.82) is 0 Å². The molecule has 2 amide bonds. The Hall–Kier alpha value is -2.30. The van der Waals surface area contributed by atoms with Gasteiger partial charge in [-0.1, -0.05) is 57.1 Å². The van der Waals surface area contributed by atoms with Crippen LogP contribution in [0.3, 0.4) is 0 Å². The lowest BCUT2D eigenvalue weighted by atomic mass is 9.93. The third kappa shape index (κ3) is 4.58. The zero-order valence-electron chi connectivity index (χ0n) is 14.4. The van der Waals surface area contributed by atoms with Gasteiger partial charge in [-0.3, -0.25) is 5.32 Å². The molecule has 1 unspecified atom stereocenters. The molecule has 0 saturated heterocycles. The van der Waals surface area contributed by atoms with Crippen molar-refractivity contribution in [3.8, 4) is 0 Å². The van der Waals surface area contributed by atoms with Gasteiger partial charge < -0.3 is 9.84 Å². The number of nitrogens with one attached hydrogen (secondary N) is 2. The first kappa shape index (κ1) is 17.1. The molecular weight excluding hydrogens is 290 g/mol. The van der Waals surface area contributed by atoms with E-state index in [0.717, 1.165) is 17.7 Å². The third-order valence-corrected chi connectivity index (χ3v) is 3.73. The monoisotopic (exact) mass is 315 g/mol. The zero-order valence-corrected chi connectivity index (χ0v) is 14.4. The molecule has 5 heteroatoms. The molecule has 2 N–H and O–H groups in total. The first-order valence-corrected chi connectivity index (χ1v) is 7.93. The zero-order chi connectivity index (χ0) is 17.0. The lowest BCUT2D eigenvalue weighted by Gasteiger charge is -2.14. The molecule has 0 spiro atoms. The highest BCUT2D eigenvalue weighted by atomic mass is 16.5. The number of benzene rings is 1. The number of carbonyl (C=O) groups is 1. The Bertz CT molecular complexity index is 654. The molecule has 0 aliphatic heterocycles. The number of urea groups is 1. The van der Waals surface area contributed by atoms with Gasteiger partial charge in [0.2, 0.25) is 0 Å². The van der Waals surface area contributed by atoms with Crippen molar-refractivity contribution in [2.75, 3.05) is 5.32 Å². The molecule has 1 aromatic carbocycles. The lowest BCUT2D eigenvalue weighted by Crippen LogP contribution is -2.31. The summed E-state index contributed by atoms with van der Waals surface area (Å²) in [4.78, 5) is 12.1. The van der Waals surface area contributed by atoms with Crippen molar-refractivity contribution in [3.05, 3.63) is 47.2 Å². The molecule has 5 nitrogen and oxygen atoms in total. The predicted molar refractivity (Wildman–Crippen MR) is 91.6 cm³/mol. The molecule has 0 aliphatic carbocycles. The van der Waals surface area contributed by atoms with E-state index in [2.05, 4.69) is 34.8 Å². The van der Waals surface area contributed by atoms with Gasteiger partial charge in [0.25, 0.3) is 0 Å². The number of amides is 2. The van der Waals surface area contributed by atoms with Crippen LogP contribution in [0, 0.1) is 0 Å². The SMILES string of the molecule is CCc1ccc(C(C)NC(=O)Nc2cc(C(C)(C)C)on2)cc1. The Kier molecular flexibility index (Phi) is 5.08. The summed E-state index contributed by atoms with van der Waals surface area (Å²) in [6.45, 7) is 10.1. The molecule has 0 bridgehead atoms. The summed E-state index contributed by atoms with van der Waals surface area (Å²) < 4.78 is 5.25. The van der Waals surface area contributed by atoms with E-state index >= 15 is 0 Å². The Morgan fingerprint density at radius 2 is 1.91 bits per heavy atom. The normalized spacial score (nSPS) is 12.7. The minimum absolute atomic E-state index is 0.0881. The fourth-order valence-electron chi connectivity index (χ4n) is 2.16. The van der Waals surface area contributed by atoms with Crippen LogP contribution < -0.4 is 10.6 Å². The van der Waals surface area contributed by atoms with Crippen LogP contribution in [0.15, 0.2) is 34.9 Å². The van der Waals surface area contributed by atoms with Crippen molar-refractivity contribution >= 4 is 11.8 Å². The molecule has 0 radical (unpaired) electrons. The molecule has 1 atom stereocenters. The van der Waals surface area contributed by atoms with Crippen LogP contribution in [-0.4, -0.2) is 11.2 Å². The number of hydrogen-bond acceptors (Lipinski definition) is 3. The molecule has 124 valence electrons. The highest BCUT2D eigenvalue weighted by Gasteiger charge is 2.20. The van der Waals surface area contributed by atoms with Crippen LogP contribution in [-0.2, 0) is 11.8 Å². The molecule has 0 saturated carbocycles. The van der Waals surface area contributed by atoms with Crippen LogP contribution in [0.4, 0.5) is 10.6 Å². The molecular formula is C18H25N3O2. The minimum atomic E-state index is -0.300. The molecule has 1 heterocycles. The van der Waals surface area contributed by atoms with Crippen LogP contribution in [0.2, 0.25) is 0 Å². The van der Waals surface area contributed by atoms with E-state index in [1.165, 1.54) is 5.56 Å².